The highest BCUT2D eigenvalue weighted by Gasteiger charge is 2.36. The molecule has 0 saturated carbocycles. The minimum atomic E-state index is -4.02. The molecule has 3 aromatic carbocycles. The summed E-state index contributed by atoms with van der Waals surface area (Å²) in [6.07, 6.45) is -0.874. The minimum absolute atomic E-state index is 0.0480. The largest absolute Gasteiger partial charge is 0.452 e. The molecule has 4 rings (SSSR count). The molecule has 0 radical (unpaired) electrons. The molecule has 12 heteroatoms. The summed E-state index contributed by atoms with van der Waals surface area (Å²) in [7, 11) is -2.83. The predicted octanol–water partition coefficient (Wildman–Crippen LogP) is 4.97. The van der Waals surface area contributed by atoms with Crippen molar-refractivity contribution in [3.63, 3.8) is 0 Å². The second-order valence-electron chi connectivity index (χ2n) is 11.3. The van der Waals surface area contributed by atoms with Crippen LogP contribution in [0.5, 0.6) is 0 Å². The highest BCUT2D eigenvalue weighted by molar-refractivity contribution is 7.89. The Labute approximate surface area is 274 Å². The van der Waals surface area contributed by atoms with Crippen molar-refractivity contribution in [3.8, 4) is 0 Å². The molecule has 1 aromatic heterocycles. The van der Waals surface area contributed by atoms with Gasteiger partial charge in [0, 0.05) is 27.9 Å². The van der Waals surface area contributed by atoms with Crippen LogP contribution in [0, 0.1) is 5.92 Å². The van der Waals surface area contributed by atoms with Gasteiger partial charge in [0.25, 0.3) is 0 Å². The quantitative estimate of drug-likeness (QED) is 0.169. The van der Waals surface area contributed by atoms with Crippen LogP contribution in [0.4, 0.5) is 10.5 Å². The molecule has 244 valence electrons. The normalized spacial score (nSPS) is 13.1. The number of anilines is 1. The first kappa shape index (κ1) is 34.8. The molecular weight excluding hydrogens is 625 g/mol. The summed E-state index contributed by atoms with van der Waals surface area (Å²) >= 11 is 1.19. The third kappa shape index (κ3) is 8.01. The summed E-state index contributed by atoms with van der Waals surface area (Å²) in [6, 6.07) is 26.0. The Kier molecular flexibility index (Phi) is 11.7. The fraction of sp³-hybridized carbons (Fsp3) is 0.294. The number of sulfonamides is 1. The van der Waals surface area contributed by atoms with Gasteiger partial charge in [0.2, 0.25) is 15.9 Å². The van der Waals surface area contributed by atoms with Crippen molar-refractivity contribution in [1.29, 1.82) is 0 Å². The van der Waals surface area contributed by atoms with Gasteiger partial charge >= 0.3 is 6.09 Å². The number of ether oxygens (including phenoxy) is 1. The molecule has 0 aliphatic heterocycles. The number of imide groups is 1. The highest BCUT2D eigenvalue weighted by Crippen LogP contribution is 2.34. The average molecular weight is 665 g/mol. The molecule has 0 bridgehead atoms. The molecule has 0 unspecified atom stereocenters. The van der Waals surface area contributed by atoms with Crippen molar-refractivity contribution in [2.75, 3.05) is 26.0 Å². The molecule has 0 saturated heterocycles. The van der Waals surface area contributed by atoms with Crippen LogP contribution >= 0.6 is 11.3 Å². The summed E-state index contributed by atoms with van der Waals surface area (Å²) in [5, 5.41) is 10.5. The maximum absolute atomic E-state index is 13.9. The lowest BCUT2D eigenvalue weighted by atomic mass is 9.85. The molecule has 46 heavy (non-hydrogen) atoms. The second kappa shape index (κ2) is 15.5. The van der Waals surface area contributed by atoms with Crippen LogP contribution < -0.4 is 11.5 Å². The number of nitrogens with zero attached hydrogens (tertiary/aromatic N) is 2. The number of thiophene rings is 1. The van der Waals surface area contributed by atoms with E-state index in [9.17, 15) is 23.1 Å². The van der Waals surface area contributed by atoms with E-state index in [0.29, 0.717) is 15.4 Å². The van der Waals surface area contributed by atoms with Gasteiger partial charge in [-0.3, -0.25) is 4.79 Å². The molecule has 5 N–H and O–H groups in total. The second-order valence-corrected chi connectivity index (χ2v) is 14.3. The summed E-state index contributed by atoms with van der Waals surface area (Å²) < 4.78 is 33.8. The van der Waals surface area contributed by atoms with Gasteiger partial charge in [-0.05, 0) is 53.4 Å². The van der Waals surface area contributed by atoms with E-state index in [4.69, 9.17) is 16.2 Å². The Morgan fingerprint density at radius 1 is 0.891 bits per heavy atom. The van der Waals surface area contributed by atoms with Crippen molar-refractivity contribution in [2.24, 2.45) is 11.7 Å². The topological polar surface area (TPSA) is 156 Å². The van der Waals surface area contributed by atoms with Crippen LogP contribution in [0.1, 0.15) is 46.7 Å². The van der Waals surface area contributed by atoms with E-state index in [1.807, 2.05) is 74.5 Å². The summed E-state index contributed by atoms with van der Waals surface area (Å²) in [5.41, 5.74) is 14.5. The number of aliphatic hydroxyl groups excluding tert-OH is 1. The fourth-order valence-corrected chi connectivity index (χ4v) is 8.19. The van der Waals surface area contributed by atoms with Crippen LogP contribution in [-0.4, -0.2) is 61.0 Å². The number of nitrogen functional groups attached to an aromatic ring is 1. The molecule has 0 fully saturated rings. The molecule has 2 amide bonds. The van der Waals surface area contributed by atoms with Gasteiger partial charge < -0.3 is 21.3 Å². The highest BCUT2D eigenvalue weighted by atomic mass is 32.2. The Morgan fingerprint density at radius 3 is 1.96 bits per heavy atom. The summed E-state index contributed by atoms with van der Waals surface area (Å²) in [5.74, 6) is -1.22. The van der Waals surface area contributed by atoms with Crippen molar-refractivity contribution >= 4 is 39.0 Å². The van der Waals surface area contributed by atoms with Gasteiger partial charge in [-0.25, -0.2) is 18.1 Å². The van der Waals surface area contributed by atoms with Gasteiger partial charge in [0.05, 0.1) is 37.2 Å². The number of benzene rings is 3. The maximum atomic E-state index is 13.9. The number of nitrogens with two attached hydrogens (primary N) is 2. The lowest BCUT2D eigenvalue weighted by molar-refractivity contribution is -0.131. The zero-order valence-electron chi connectivity index (χ0n) is 26.0. The zero-order chi connectivity index (χ0) is 33.4. The monoisotopic (exact) mass is 664 g/mol. The van der Waals surface area contributed by atoms with Crippen molar-refractivity contribution < 1.29 is 27.9 Å². The Bertz CT molecular complexity index is 1660. The zero-order valence-corrected chi connectivity index (χ0v) is 27.7. The first-order valence-corrected chi connectivity index (χ1v) is 17.0. The van der Waals surface area contributed by atoms with E-state index in [1.165, 1.54) is 47.0 Å². The molecule has 2 atom stereocenters. The Hall–Kier alpha value is -4.07. The average Bonchev–Trinajstić information content (AvgIpc) is 3.52. The number of methoxy groups -OCH3 is 1. The van der Waals surface area contributed by atoms with E-state index in [-0.39, 0.29) is 23.9 Å². The molecule has 0 aliphatic carbocycles. The maximum Gasteiger partial charge on any atom is 0.416 e. The fourth-order valence-electron chi connectivity index (χ4n) is 5.26. The van der Waals surface area contributed by atoms with Crippen molar-refractivity contribution in [3.05, 3.63) is 118 Å². The van der Waals surface area contributed by atoms with Gasteiger partial charge in [0.15, 0.2) is 0 Å². The smallest absolute Gasteiger partial charge is 0.416 e. The van der Waals surface area contributed by atoms with Crippen LogP contribution in [0.2, 0.25) is 0 Å². The number of carbonyl (C=O) groups is 2. The Balaban J connectivity index is 1.65. The van der Waals surface area contributed by atoms with Gasteiger partial charge in [0.1, 0.15) is 0 Å². The third-order valence-corrected chi connectivity index (χ3v) is 10.6. The first-order chi connectivity index (χ1) is 22.0. The molecule has 0 spiro atoms. The van der Waals surface area contributed by atoms with Crippen molar-refractivity contribution in [1.82, 2.24) is 9.21 Å². The lowest BCUT2D eigenvalue weighted by Gasteiger charge is -2.30. The van der Waals surface area contributed by atoms with Gasteiger partial charge in [-0.1, -0.05) is 74.5 Å². The minimum Gasteiger partial charge on any atom is -0.452 e. The summed E-state index contributed by atoms with van der Waals surface area (Å²) in [4.78, 5) is 29.1. The molecule has 4 aromatic rings. The molecule has 10 nitrogen and oxygen atoms in total. The van der Waals surface area contributed by atoms with E-state index in [2.05, 4.69) is 0 Å². The number of hydrogen-bond acceptors (Lipinski definition) is 9. The van der Waals surface area contributed by atoms with Crippen LogP contribution in [0.3, 0.4) is 0 Å². The molecular formula is C34H40N4O6S2. The van der Waals surface area contributed by atoms with E-state index in [1.54, 1.807) is 12.1 Å². The number of amides is 2. The summed E-state index contributed by atoms with van der Waals surface area (Å²) in [6.45, 7) is 3.28. The SMILES string of the molecule is COC(=O)N(Cc1ccc([C@@H](CO)N(CC(C)C)S(=O)(=O)c2ccc(N)cc2)s1)C(=O)[C@@H](N)C(c1ccccc1)c1ccccc1. The number of hydrogen-bond donors (Lipinski definition) is 3. The standard InChI is InChI=1S/C34H40N4O6S2/c1-23(2)20-38(46(42,43)28-17-14-26(35)15-18-28)29(22-39)30-19-16-27(45-30)21-37(34(41)44-3)33(40)32(36)31(24-10-6-4-7-11-24)25-12-8-5-9-13-25/h4-19,23,29,31-32,39H,20-22,35-36H2,1-3H3/t29-,32+/m1/s1. The molecule has 0 aliphatic rings. The van der Waals surface area contributed by atoms with E-state index >= 15 is 0 Å². The number of rotatable bonds is 13. The first-order valence-electron chi connectivity index (χ1n) is 14.8. The van der Waals surface area contributed by atoms with E-state index in [0.717, 1.165) is 16.0 Å². The molecule has 1 heterocycles. The van der Waals surface area contributed by atoms with Crippen molar-refractivity contribution in [2.45, 2.75) is 43.3 Å². The number of carbonyl (C=O) groups excluding carboxylic acids is 2. The number of aliphatic hydroxyl groups is 1. The van der Waals surface area contributed by atoms with E-state index < -0.39 is 46.6 Å². The third-order valence-electron chi connectivity index (χ3n) is 7.50. The van der Waals surface area contributed by atoms with Crippen LogP contribution in [-0.2, 0) is 26.1 Å². The lowest BCUT2D eigenvalue weighted by Crippen LogP contribution is -2.49. The predicted molar refractivity (Wildman–Crippen MR) is 179 cm³/mol. The van der Waals surface area contributed by atoms with Crippen LogP contribution in [0.25, 0.3) is 0 Å². The van der Waals surface area contributed by atoms with Gasteiger partial charge in [-0.2, -0.15) is 4.31 Å². The van der Waals surface area contributed by atoms with Gasteiger partial charge in [-0.15, -0.1) is 11.3 Å². The van der Waals surface area contributed by atoms with Crippen LogP contribution in [0.15, 0.2) is 102 Å². The Morgan fingerprint density at radius 2 is 1.46 bits per heavy atom.